The Hall–Kier alpha value is -2.41. The van der Waals surface area contributed by atoms with E-state index in [2.05, 4.69) is 10.6 Å². The van der Waals surface area contributed by atoms with Gasteiger partial charge in [0.15, 0.2) is 0 Å². The molecule has 0 radical (unpaired) electrons. The molecule has 1 aromatic heterocycles. The van der Waals surface area contributed by atoms with Crippen molar-refractivity contribution in [2.24, 2.45) is 0 Å². The third kappa shape index (κ3) is 4.35. The van der Waals surface area contributed by atoms with Gasteiger partial charge < -0.3 is 19.9 Å². The van der Waals surface area contributed by atoms with Gasteiger partial charge in [-0.05, 0) is 37.8 Å². The summed E-state index contributed by atoms with van der Waals surface area (Å²) < 4.78 is 7.39. The van der Waals surface area contributed by atoms with Gasteiger partial charge in [-0.1, -0.05) is 25.0 Å². The number of carbonyl (C=O) groups excluding carboxylic acids is 2. The van der Waals surface area contributed by atoms with Gasteiger partial charge >= 0.3 is 0 Å². The van der Waals surface area contributed by atoms with E-state index in [0.717, 1.165) is 42.5 Å². The van der Waals surface area contributed by atoms with Crippen molar-refractivity contribution in [3.8, 4) is 0 Å². The van der Waals surface area contributed by atoms with Gasteiger partial charge in [0.05, 0.1) is 11.0 Å². The van der Waals surface area contributed by atoms with Gasteiger partial charge in [-0.15, -0.1) is 0 Å². The largest absolute Gasteiger partial charge is 0.368 e. The van der Waals surface area contributed by atoms with E-state index in [1.165, 1.54) is 12.8 Å². The summed E-state index contributed by atoms with van der Waals surface area (Å²) in [6.45, 7) is 1.39. The quantitative estimate of drug-likeness (QED) is 0.764. The maximum absolute atomic E-state index is 12.6. The number of benzene rings is 1. The van der Waals surface area contributed by atoms with Gasteiger partial charge in [0.2, 0.25) is 11.8 Å². The van der Waals surface area contributed by atoms with Crippen molar-refractivity contribution in [2.75, 3.05) is 13.2 Å². The van der Waals surface area contributed by atoms with E-state index in [9.17, 15) is 9.59 Å². The Morgan fingerprint density at radius 1 is 1.14 bits per heavy atom. The van der Waals surface area contributed by atoms with Gasteiger partial charge in [0.1, 0.15) is 18.5 Å². The topological polar surface area (TPSA) is 85.2 Å². The summed E-state index contributed by atoms with van der Waals surface area (Å²) in [5.41, 5.74) is 1.82. The number of rotatable bonds is 7. The lowest BCUT2D eigenvalue weighted by molar-refractivity contribution is -0.130. The number of amides is 2. The number of hydrogen-bond donors (Lipinski definition) is 2. The number of nitrogens with one attached hydrogen (secondary N) is 2. The zero-order valence-corrected chi connectivity index (χ0v) is 16.2. The summed E-state index contributed by atoms with van der Waals surface area (Å²) in [4.78, 5) is 29.4. The first-order chi connectivity index (χ1) is 13.7. The fourth-order valence-corrected chi connectivity index (χ4v) is 4.18. The summed E-state index contributed by atoms with van der Waals surface area (Å²) in [7, 11) is 0. The van der Waals surface area contributed by atoms with Crippen LogP contribution in [-0.4, -0.2) is 46.7 Å². The Kier molecular flexibility index (Phi) is 5.90. The van der Waals surface area contributed by atoms with Crippen LogP contribution in [0.4, 0.5) is 0 Å². The smallest absolute Gasteiger partial charge is 0.249 e. The van der Waals surface area contributed by atoms with E-state index in [1.807, 2.05) is 28.8 Å². The van der Waals surface area contributed by atoms with E-state index >= 15 is 0 Å². The molecule has 28 heavy (non-hydrogen) atoms. The Bertz CT molecular complexity index is 835. The molecule has 2 heterocycles. The van der Waals surface area contributed by atoms with Crippen molar-refractivity contribution in [2.45, 2.75) is 63.6 Å². The molecule has 2 N–H and O–H groups in total. The number of carbonyl (C=O) groups is 2. The third-order valence-electron chi connectivity index (χ3n) is 5.63. The summed E-state index contributed by atoms with van der Waals surface area (Å²) >= 11 is 0. The van der Waals surface area contributed by atoms with E-state index < -0.39 is 0 Å². The second-order valence-electron chi connectivity index (χ2n) is 7.69. The number of aromatic nitrogens is 2. The van der Waals surface area contributed by atoms with Crippen LogP contribution in [0.15, 0.2) is 24.3 Å². The summed E-state index contributed by atoms with van der Waals surface area (Å²) in [6.07, 6.45) is 6.48. The second kappa shape index (κ2) is 8.73. The number of para-hydroxylation sites is 2. The fraction of sp³-hybridized carbons (Fsp3) is 0.571. The minimum atomic E-state index is -0.323. The van der Waals surface area contributed by atoms with E-state index in [1.54, 1.807) is 0 Å². The predicted octanol–water partition coefficient (Wildman–Crippen LogP) is 1.93. The minimum Gasteiger partial charge on any atom is -0.368 e. The van der Waals surface area contributed by atoms with Crippen LogP contribution in [0.2, 0.25) is 0 Å². The van der Waals surface area contributed by atoms with Gasteiger partial charge in [-0.3, -0.25) is 9.59 Å². The number of fused-ring (bicyclic) bond motifs is 1. The van der Waals surface area contributed by atoms with Crippen molar-refractivity contribution in [3.63, 3.8) is 0 Å². The number of imidazole rings is 1. The molecule has 2 amide bonds. The monoisotopic (exact) mass is 384 g/mol. The highest BCUT2D eigenvalue weighted by Gasteiger charge is 2.23. The van der Waals surface area contributed by atoms with Crippen molar-refractivity contribution in [1.29, 1.82) is 0 Å². The van der Waals surface area contributed by atoms with Crippen molar-refractivity contribution < 1.29 is 14.3 Å². The second-order valence-corrected chi connectivity index (χ2v) is 7.69. The lowest BCUT2D eigenvalue weighted by atomic mass is 10.2. The van der Waals surface area contributed by atoms with E-state index in [0.29, 0.717) is 25.6 Å². The highest BCUT2D eigenvalue weighted by molar-refractivity contribution is 5.82. The SMILES string of the molecule is O=C(Cn1c(CCNC(=O)C2CCCO2)nc2ccccc21)NC1CCCC1. The number of ether oxygens (including phenoxy) is 1. The molecule has 1 atom stereocenters. The fourth-order valence-electron chi connectivity index (χ4n) is 4.18. The van der Waals surface area contributed by atoms with Crippen LogP contribution in [0, 0.1) is 0 Å². The number of hydrogen-bond acceptors (Lipinski definition) is 4. The standard InChI is InChI=1S/C21H28N4O3/c26-20(23-15-6-1-2-7-15)14-25-17-9-4-3-8-16(17)24-19(25)11-12-22-21(27)18-10-5-13-28-18/h3-4,8-9,15,18H,1-2,5-7,10-14H2,(H,22,27)(H,23,26). The first-order valence-electron chi connectivity index (χ1n) is 10.3. The Balaban J connectivity index is 1.42. The van der Waals surface area contributed by atoms with Crippen molar-refractivity contribution >= 4 is 22.8 Å². The van der Waals surface area contributed by atoms with Crippen LogP contribution in [0.5, 0.6) is 0 Å². The molecule has 1 unspecified atom stereocenters. The van der Waals surface area contributed by atoms with Crippen molar-refractivity contribution in [3.05, 3.63) is 30.1 Å². The Morgan fingerprint density at radius 3 is 2.75 bits per heavy atom. The Morgan fingerprint density at radius 2 is 1.96 bits per heavy atom. The van der Waals surface area contributed by atoms with Gasteiger partial charge in [0.25, 0.3) is 0 Å². The molecule has 0 bridgehead atoms. The summed E-state index contributed by atoms with van der Waals surface area (Å²) in [5.74, 6) is 0.786. The van der Waals surface area contributed by atoms with Gasteiger partial charge in [0, 0.05) is 25.6 Å². The molecule has 7 nitrogen and oxygen atoms in total. The highest BCUT2D eigenvalue weighted by atomic mass is 16.5. The molecule has 1 aromatic carbocycles. The van der Waals surface area contributed by atoms with Crippen LogP contribution < -0.4 is 10.6 Å². The predicted molar refractivity (Wildman–Crippen MR) is 106 cm³/mol. The molecule has 1 aliphatic heterocycles. The van der Waals surface area contributed by atoms with Gasteiger partial charge in [-0.25, -0.2) is 4.98 Å². The first kappa shape index (κ1) is 18.9. The molecule has 2 aliphatic rings. The molecule has 7 heteroatoms. The third-order valence-corrected chi connectivity index (χ3v) is 5.63. The lowest BCUT2D eigenvalue weighted by Gasteiger charge is -2.14. The molecule has 1 saturated heterocycles. The van der Waals surface area contributed by atoms with Gasteiger partial charge in [-0.2, -0.15) is 0 Å². The molecule has 0 spiro atoms. The van der Waals surface area contributed by atoms with Crippen LogP contribution >= 0.6 is 0 Å². The molecule has 1 saturated carbocycles. The highest BCUT2D eigenvalue weighted by Crippen LogP contribution is 2.19. The van der Waals surface area contributed by atoms with Crippen LogP contribution in [0.3, 0.4) is 0 Å². The van der Waals surface area contributed by atoms with Crippen LogP contribution in [0.1, 0.15) is 44.3 Å². The normalized spacial score (nSPS) is 19.9. The van der Waals surface area contributed by atoms with Crippen LogP contribution in [-0.2, 0) is 27.3 Å². The average Bonchev–Trinajstić information content (AvgIpc) is 3.44. The lowest BCUT2D eigenvalue weighted by Crippen LogP contribution is -2.36. The minimum absolute atomic E-state index is 0.0275. The molecule has 150 valence electrons. The molecule has 4 rings (SSSR count). The molecule has 1 aliphatic carbocycles. The zero-order chi connectivity index (χ0) is 19.3. The molecule has 2 fully saturated rings. The average molecular weight is 384 g/mol. The molecule has 2 aromatic rings. The molecular weight excluding hydrogens is 356 g/mol. The number of nitrogens with zero attached hydrogens (tertiary/aromatic N) is 2. The maximum atomic E-state index is 12.6. The van der Waals surface area contributed by atoms with E-state index in [4.69, 9.17) is 9.72 Å². The van der Waals surface area contributed by atoms with Crippen LogP contribution in [0.25, 0.3) is 11.0 Å². The van der Waals surface area contributed by atoms with Crippen molar-refractivity contribution in [1.82, 2.24) is 20.2 Å². The summed E-state index contributed by atoms with van der Waals surface area (Å²) in [5, 5.41) is 6.09. The maximum Gasteiger partial charge on any atom is 0.249 e. The summed E-state index contributed by atoms with van der Waals surface area (Å²) in [6, 6.07) is 8.14. The van der Waals surface area contributed by atoms with E-state index in [-0.39, 0.29) is 24.5 Å². The zero-order valence-electron chi connectivity index (χ0n) is 16.2. The Labute approximate surface area is 164 Å². The molecular formula is C21H28N4O3. The first-order valence-corrected chi connectivity index (χ1v) is 10.3.